The third-order valence-electron chi connectivity index (χ3n) is 4.82. The molecule has 10 heteroatoms. The van der Waals surface area contributed by atoms with Crippen molar-refractivity contribution in [2.45, 2.75) is 20.0 Å². The zero-order valence-electron chi connectivity index (χ0n) is 17.6. The first-order valence-electron chi connectivity index (χ1n) is 9.84. The third kappa shape index (κ3) is 4.69. The fourth-order valence-corrected chi connectivity index (χ4v) is 3.33. The van der Waals surface area contributed by atoms with Gasteiger partial charge in [-0.1, -0.05) is 29.8 Å². The van der Waals surface area contributed by atoms with Crippen molar-refractivity contribution in [3.05, 3.63) is 93.7 Å². The molecule has 1 amide bonds. The van der Waals surface area contributed by atoms with E-state index >= 15 is 0 Å². The number of halogens is 3. The first-order chi connectivity index (χ1) is 15.6. The van der Waals surface area contributed by atoms with Gasteiger partial charge in [-0.05, 0) is 38.1 Å². The fourth-order valence-electron chi connectivity index (χ4n) is 3.33. The standard InChI is InChI=1S/C23H18F3N5O2/c1-13-6-8-17(9-7-13)31-20(23(24,25)26)18(12-27-31)22(33)29-16-5-3-4-15(11-16)21-28-14(2)10-19(32)30-21/h3-12H,1-2H3,(H,29,33)(H,28,30,32). The second kappa shape index (κ2) is 8.38. The average Bonchev–Trinajstić information content (AvgIpc) is 3.20. The Labute approximate surface area is 185 Å². The van der Waals surface area contributed by atoms with Crippen LogP contribution in [0, 0.1) is 13.8 Å². The molecule has 0 bridgehead atoms. The molecular weight excluding hydrogens is 435 g/mol. The molecule has 2 aromatic carbocycles. The molecule has 4 rings (SSSR count). The van der Waals surface area contributed by atoms with Crippen LogP contribution in [0.3, 0.4) is 0 Å². The van der Waals surface area contributed by atoms with Crippen LogP contribution >= 0.6 is 0 Å². The van der Waals surface area contributed by atoms with E-state index in [0.29, 0.717) is 15.9 Å². The van der Waals surface area contributed by atoms with Gasteiger partial charge in [-0.3, -0.25) is 9.59 Å². The van der Waals surface area contributed by atoms with Crippen molar-refractivity contribution in [3.8, 4) is 17.1 Å². The van der Waals surface area contributed by atoms with Crippen LogP contribution in [-0.4, -0.2) is 25.7 Å². The smallest absolute Gasteiger partial charge is 0.322 e. The molecule has 0 atom stereocenters. The predicted molar refractivity (Wildman–Crippen MR) is 116 cm³/mol. The fraction of sp³-hybridized carbons (Fsp3) is 0.130. The molecule has 0 aliphatic heterocycles. The van der Waals surface area contributed by atoms with Gasteiger partial charge >= 0.3 is 6.18 Å². The Kier molecular flexibility index (Phi) is 5.59. The van der Waals surface area contributed by atoms with Gasteiger partial charge < -0.3 is 10.3 Å². The minimum atomic E-state index is -4.82. The molecule has 4 aromatic rings. The van der Waals surface area contributed by atoms with E-state index in [1.165, 1.54) is 30.3 Å². The summed E-state index contributed by atoms with van der Waals surface area (Å²) >= 11 is 0. The lowest BCUT2D eigenvalue weighted by Crippen LogP contribution is -2.20. The number of carbonyl (C=O) groups is 1. The number of anilines is 1. The van der Waals surface area contributed by atoms with E-state index in [9.17, 15) is 22.8 Å². The highest BCUT2D eigenvalue weighted by molar-refractivity contribution is 6.05. The Balaban J connectivity index is 1.68. The highest BCUT2D eigenvalue weighted by atomic mass is 19.4. The number of nitrogens with one attached hydrogen (secondary N) is 2. The zero-order valence-corrected chi connectivity index (χ0v) is 17.6. The van der Waals surface area contributed by atoms with Gasteiger partial charge in [-0.15, -0.1) is 0 Å². The van der Waals surface area contributed by atoms with Crippen LogP contribution in [0.5, 0.6) is 0 Å². The van der Waals surface area contributed by atoms with Gasteiger partial charge in [-0.25, -0.2) is 9.67 Å². The first kappa shape index (κ1) is 22.0. The lowest BCUT2D eigenvalue weighted by Gasteiger charge is -2.13. The molecule has 0 spiro atoms. The number of aryl methyl sites for hydroxylation is 2. The van der Waals surface area contributed by atoms with Crippen LogP contribution in [0.2, 0.25) is 0 Å². The van der Waals surface area contributed by atoms with E-state index < -0.39 is 23.3 Å². The maximum Gasteiger partial charge on any atom is 0.434 e. The number of nitrogens with zero attached hydrogens (tertiary/aromatic N) is 3. The molecule has 0 aliphatic carbocycles. The molecule has 168 valence electrons. The van der Waals surface area contributed by atoms with Crippen LogP contribution in [0.25, 0.3) is 17.1 Å². The number of benzene rings is 2. The number of H-pyrrole nitrogens is 1. The van der Waals surface area contributed by atoms with Crippen LogP contribution < -0.4 is 10.9 Å². The van der Waals surface area contributed by atoms with Crippen molar-refractivity contribution >= 4 is 11.6 Å². The van der Waals surface area contributed by atoms with Crippen molar-refractivity contribution < 1.29 is 18.0 Å². The number of alkyl halides is 3. The molecule has 0 fully saturated rings. The summed E-state index contributed by atoms with van der Waals surface area (Å²) in [5.41, 5.74) is 0.148. The summed E-state index contributed by atoms with van der Waals surface area (Å²) in [7, 11) is 0. The summed E-state index contributed by atoms with van der Waals surface area (Å²) < 4.78 is 42.4. The molecule has 2 heterocycles. The summed E-state index contributed by atoms with van der Waals surface area (Å²) in [6.07, 6.45) is -3.93. The third-order valence-corrected chi connectivity index (χ3v) is 4.82. The quantitative estimate of drug-likeness (QED) is 0.476. The Morgan fingerprint density at radius 1 is 1.06 bits per heavy atom. The number of aromatic amines is 1. The number of hydrogen-bond acceptors (Lipinski definition) is 4. The monoisotopic (exact) mass is 453 g/mol. The molecule has 0 aliphatic rings. The first-order valence-corrected chi connectivity index (χ1v) is 9.84. The Hall–Kier alpha value is -4.21. The van der Waals surface area contributed by atoms with E-state index in [1.807, 2.05) is 6.92 Å². The lowest BCUT2D eigenvalue weighted by molar-refractivity contribution is -0.143. The highest BCUT2D eigenvalue weighted by Crippen LogP contribution is 2.34. The number of hydrogen-bond donors (Lipinski definition) is 2. The van der Waals surface area contributed by atoms with E-state index in [2.05, 4.69) is 20.4 Å². The van der Waals surface area contributed by atoms with Gasteiger partial charge in [0.15, 0.2) is 5.69 Å². The van der Waals surface area contributed by atoms with E-state index in [-0.39, 0.29) is 22.8 Å². The molecular formula is C23H18F3N5O2. The summed E-state index contributed by atoms with van der Waals surface area (Å²) in [5, 5.41) is 6.29. The van der Waals surface area contributed by atoms with Crippen molar-refractivity contribution in [2.24, 2.45) is 0 Å². The second-order valence-electron chi connectivity index (χ2n) is 7.42. The predicted octanol–water partition coefficient (Wildman–Crippen LogP) is 4.51. The minimum absolute atomic E-state index is 0.184. The molecule has 33 heavy (non-hydrogen) atoms. The van der Waals surface area contributed by atoms with Gasteiger partial charge in [0.25, 0.3) is 11.5 Å². The van der Waals surface area contributed by atoms with Gasteiger partial charge in [0.05, 0.1) is 17.4 Å². The average molecular weight is 453 g/mol. The Morgan fingerprint density at radius 3 is 2.45 bits per heavy atom. The zero-order chi connectivity index (χ0) is 23.8. The summed E-state index contributed by atoms with van der Waals surface area (Å²) in [6, 6.07) is 13.9. The van der Waals surface area contributed by atoms with Crippen LogP contribution in [0.15, 0.2) is 65.6 Å². The second-order valence-corrected chi connectivity index (χ2v) is 7.42. The molecule has 0 saturated heterocycles. The molecule has 2 N–H and O–H groups in total. The Morgan fingerprint density at radius 2 is 1.79 bits per heavy atom. The molecule has 0 radical (unpaired) electrons. The topological polar surface area (TPSA) is 92.7 Å². The van der Waals surface area contributed by atoms with Crippen molar-refractivity contribution in [1.82, 2.24) is 19.7 Å². The Bertz CT molecular complexity index is 1390. The maximum atomic E-state index is 13.9. The summed E-state index contributed by atoms with van der Waals surface area (Å²) in [4.78, 5) is 31.4. The van der Waals surface area contributed by atoms with Crippen LogP contribution in [0.1, 0.15) is 27.3 Å². The molecule has 0 unspecified atom stereocenters. The van der Waals surface area contributed by atoms with Gasteiger partial charge in [0, 0.05) is 23.0 Å². The summed E-state index contributed by atoms with van der Waals surface area (Å²) in [6.45, 7) is 3.47. The van der Waals surface area contributed by atoms with E-state index in [1.54, 1.807) is 31.2 Å². The van der Waals surface area contributed by atoms with Crippen molar-refractivity contribution in [1.29, 1.82) is 0 Å². The van der Waals surface area contributed by atoms with Gasteiger partial charge in [-0.2, -0.15) is 18.3 Å². The lowest BCUT2D eigenvalue weighted by atomic mass is 10.1. The van der Waals surface area contributed by atoms with Crippen LogP contribution in [0.4, 0.5) is 18.9 Å². The van der Waals surface area contributed by atoms with Crippen LogP contribution in [-0.2, 0) is 6.18 Å². The van der Waals surface area contributed by atoms with Gasteiger partial charge in [0.1, 0.15) is 5.82 Å². The van der Waals surface area contributed by atoms with Crippen molar-refractivity contribution in [3.63, 3.8) is 0 Å². The SMILES string of the molecule is Cc1ccc(-n2ncc(C(=O)Nc3cccc(-c4nc(C)cc(=O)[nH]4)c3)c2C(F)(F)F)cc1. The van der Waals surface area contributed by atoms with Gasteiger partial charge in [0.2, 0.25) is 0 Å². The number of aromatic nitrogens is 4. The van der Waals surface area contributed by atoms with E-state index in [0.717, 1.165) is 11.8 Å². The number of amides is 1. The number of carbonyl (C=O) groups excluding carboxylic acids is 1. The largest absolute Gasteiger partial charge is 0.434 e. The minimum Gasteiger partial charge on any atom is -0.322 e. The summed E-state index contributed by atoms with van der Waals surface area (Å²) in [5.74, 6) is -0.692. The molecule has 7 nitrogen and oxygen atoms in total. The van der Waals surface area contributed by atoms with E-state index in [4.69, 9.17) is 0 Å². The maximum absolute atomic E-state index is 13.9. The molecule has 2 aromatic heterocycles. The highest BCUT2D eigenvalue weighted by Gasteiger charge is 2.40. The normalized spacial score (nSPS) is 11.4. The molecule has 0 saturated carbocycles. The number of rotatable bonds is 4. The van der Waals surface area contributed by atoms with Crippen molar-refractivity contribution in [2.75, 3.05) is 5.32 Å².